The molecule has 3 rings (SSSR count). The number of aliphatic hydroxyl groups is 1. The lowest BCUT2D eigenvalue weighted by atomic mass is 10.0. The summed E-state index contributed by atoms with van der Waals surface area (Å²) in [5.74, 6) is 1.07. The van der Waals surface area contributed by atoms with Crippen molar-refractivity contribution in [1.29, 1.82) is 0 Å². The number of aromatic nitrogens is 1. The largest absolute Gasteiger partial charge is 0.392 e. The van der Waals surface area contributed by atoms with Crippen molar-refractivity contribution in [3.05, 3.63) is 54.2 Å². The molecule has 1 aromatic carbocycles. The molecule has 0 aliphatic carbocycles. The van der Waals surface area contributed by atoms with Gasteiger partial charge in [0.05, 0.1) is 6.61 Å². The van der Waals surface area contributed by atoms with Crippen LogP contribution in [-0.2, 0) is 6.61 Å². The van der Waals surface area contributed by atoms with E-state index in [1.165, 1.54) is 0 Å². The maximum Gasteiger partial charge on any atom is 0.128 e. The molecule has 1 saturated heterocycles. The molecule has 0 saturated carbocycles. The van der Waals surface area contributed by atoms with Gasteiger partial charge in [0.25, 0.3) is 0 Å². The molecule has 4 nitrogen and oxygen atoms in total. The monoisotopic (exact) mass is 283 g/mol. The molecule has 2 N–H and O–H groups in total. The number of piperidine rings is 1. The molecule has 2 aromatic rings. The number of aliphatic hydroxyl groups excluding tert-OH is 1. The first-order chi connectivity index (χ1) is 10.3. The van der Waals surface area contributed by atoms with Crippen LogP contribution in [0.15, 0.2) is 48.7 Å². The molecule has 4 heteroatoms. The summed E-state index contributed by atoms with van der Waals surface area (Å²) in [6.07, 6.45) is 4.07. The van der Waals surface area contributed by atoms with E-state index in [1.54, 1.807) is 0 Å². The van der Waals surface area contributed by atoms with Gasteiger partial charge in [0.2, 0.25) is 0 Å². The van der Waals surface area contributed by atoms with Crippen molar-refractivity contribution in [3.63, 3.8) is 0 Å². The van der Waals surface area contributed by atoms with Gasteiger partial charge >= 0.3 is 0 Å². The Morgan fingerprint density at radius 1 is 1.10 bits per heavy atom. The first-order valence-corrected chi connectivity index (χ1v) is 7.47. The van der Waals surface area contributed by atoms with Crippen LogP contribution >= 0.6 is 0 Å². The number of nitrogens with one attached hydrogen (secondary N) is 1. The molecule has 1 fully saturated rings. The van der Waals surface area contributed by atoms with Gasteiger partial charge in [0.1, 0.15) is 5.82 Å². The van der Waals surface area contributed by atoms with Gasteiger partial charge in [-0.3, -0.25) is 0 Å². The molecule has 21 heavy (non-hydrogen) atoms. The highest BCUT2D eigenvalue weighted by atomic mass is 16.3. The Kier molecular flexibility index (Phi) is 4.36. The Hall–Kier alpha value is -2.07. The summed E-state index contributed by atoms with van der Waals surface area (Å²) >= 11 is 0. The average molecular weight is 283 g/mol. The van der Waals surface area contributed by atoms with E-state index in [4.69, 9.17) is 5.11 Å². The first kappa shape index (κ1) is 13.9. The molecule has 0 unspecified atom stereocenters. The fraction of sp³-hybridized carbons (Fsp3) is 0.353. The summed E-state index contributed by atoms with van der Waals surface area (Å²) < 4.78 is 0. The highest BCUT2D eigenvalue weighted by Crippen LogP contribution is 2.20. The Morgan fingerprint density at radius 2 is 1.86 bits per heavy atom. The molecule has 1 aliphatic heterocycles. The standard InChI is InChI=1S/C17H21N3O/c21-13-14-4-6-15(7-5-14)19-16-8-11-20(12-9-16)17-3-1-2-10-18-17/h1-7,10,16,19,21H,8-9,11-13H2. The lowest BCUT2D eigenvalue weighted by molar-refractivity contribution is 0.282. The Balaban J connectivity index is 1.53. The number of pyridine rings is 1. The van der Waals surface area contributed by atoms with Gasteiger partial charge in [-0.1, -0.05) is 18.2 Å². The third kappa shape index (κ3) is 3.52. The van der Waals surface area contributed by atoms with Crippen LogP contribution in [0.2, 0.25) is 0 Å². The molecule has 110 valence electrons. The van der Waals surface area contributed by atoms with Crippen LogP contribution in [-0.4, -0.2) is 29.2 Å². The molecule has 0 radical (unpaired) electrons. The summed E-state index contributed by atoms with van der Waals surface area (Å²) in [5.41, 5.74) is 2.08. The summed E-state index contributed by atoms with van der Waals surface area (Å²) in [6, 6.07) is 14.6. The number of anilines is 2. The van der Waals surface area contributed by atoms with Gasteiger partial charge in [-0.05, 0) is 42.7 Å². The average Bonchev–Trinajstić information content (AvgIpc) is 2.57. The summed E-state index contributed by atoms with van der Waals surface area (Å²) in [6.45, 7) is 2.16. The van der Waals surface area contributed by atoms with Crippen LogP contribution < -0.4 is 10.2 Å². The van der Waals surface area contributed by atoms with E-state index in [-0.39, 0.29) is 6.61 Å². The second-order valence-corrected chi connectivity index (χ2v) is 5.45. The maximum atomic E-state index is 9.06. The van der Waals surface area contributed by atoms with Crippen LogP contribution in [0.1, 0.15) is 18.4 Å². The van der Waals surface area contributed by atoms with Gasteiger partial charge in [-0.25, -0.2) is 4.98 Å². The highest BCUT2D eigenvalue weighted by molar-refractivity contribution is 5.46. The van der Waals surface area contributed by atoms with E-state index < -0.39 is 0 Å². The lowest BCUT2D eigenvalue weighted by Gasteiger charge is -2.33. The molecule has 0 spiro atoms. The molecule has 1 aliphatic rings. The fourth-order valence-electron chi connectivity index (χ4n) is 2.74. The molecule has 0 bridgehead atoms. The third-order valence-corrected chi connectivity index (χ3v) is 3.98. The zero-order valence-electron chi connectivity index (χ0n) is 12.1. The lowest BCUT2D eigenvalue weighted by Crippen LogP contribution is -2.39. The van der Waals surface area contributed by atoms with Crippen LogP contribution in [0.5, 0.6) is 0 Å². The molecular formula is C17H21N3O. The van der Waals surface area contributed by atoms with Crippen molar-refractivity contribution >= 4 is 11.5 Å². The molecule has 0 atom stereocenters. The Labute approximate surface area is 125 Å². The Bertz CT molecular complexity index is 548. The number of benzene rings is 1. The number of hydrogen-bond acceptors (Lipinski definition) is 4. The van der Waals surface area contributed by atoms with Crippen LogP contribution in [0, 0.1) is 0 Å². The SMILES string of the molecule is OCc1ccc(NC2CCN(c3ccccn3)CC2)cc1. The topological polar surface area (TPSA) is 48.4 Å². The van der Waals surface area contributed by atoms with E-state index in [9.17, 15) is 0 Å². The van der Waals surface area contributed by atoms with Crippen molar-refractivity contribution < 1.29 is 5.11 Å². The fourth-order valence-corrected chi connectivity index (χ4v) is 2.74. The minimum absolute atomic E-state index is 0.0999. The second kappa shape index (κ2) is 6.59. The van der Waals surface area contributed by atoms with E-state index in [1.807, 2.05) is 42.6 Å². The van der Waals surface area contributed by atoms with Crippen LogP contribution in [0.4, 0.5) is 11.5 Å². The predicted molar refractivity (Wildman–Crippen MR) is 85.5 cm³/mol. The van der Waals surface area contributed by atoms with Gasteiger partial charge in [0, 0.05) is 31.0 Å². The van der Waals surface area contributed by atoms with Crippen LogP contribution in [0.25, 0.3) is 0 Å². The zero-order valence-corrected chi connectivity index (χ0v) is 12.1. The van der Waals surface area contributed by atoms with Gasteiger partial charge in [-0.2, -0.15) is 0 Å². The van der Waals surface area contributed by atoms with Gasteiger partial charge in [0.15, 0.2) is 0 Å². The maximum absolute atomic E-state index is 9.06. The van der Waals surface area contributed by atoms with Crippen molar-refractivity contribution in [2.75, 3.05) is 23.3 Å². The normalized spacial score (nSPS) is 16.0. The molecule has 1 aromatic heterocycles. The van der Waals surface area contributed by atoms with Crippen molar-refractivity contribution in [2.45, 2.75) is 25.5 Å². The minimum atomic E-state index is 0.0999. The van der Waals surface area contributed by atoms with E-state index in [0.717, 1.165) is 43.0 Å². The summed E-state index contributed by atoms with van der Waals surface area (Å²) in [7, 11) is 0. The minimum Gasteiger partial charge on any atom is -0.392 e. The second-order valence-electron chi connectivity index (χ2n) is 5.45. The van der Waals surface area contributed by atoms with Crippen molar-refractivity contribution in [2.24, 2.45) is 0 Å². The van der Waals surface area contributed by atoms with Gasteiger partial charge in [-0.15, -0.1) is 0 Å². The zero-order chi connectivity index (χ0) is 14.5. The quantitative estimate of drug-likeness (QED) is 0.905. The molecule has 2 heterocycles. The highest BCUT2D eigenvalue weighted by Gasteiger charge is 2.19. The predicted octanol–water partition coefficient (Wildman–Crippen LogP) is 2.65. The van der Waals surface area contributed by atoms with Crippen LogP contribution in [0.3, 0.4) is 0 Å². The smallest absolute Gasteiger partial charge is 0.128 e. The number of rotatable bonds is 4. The first-order valence-electron chi connectivity index (χ1n) is 7.47. The van der Waals surface area contributed by atoms with Gasteiger partial charge < -0.3 is 15.3 Å². The third-order valence-electron chi connectivity index (χ3n) is 3.98. The van der Waals surface area contributed by atoms with Crippen molar-refractivity contribution in [1.82, 2.24) is 4.98 Å². The number of nitrogens with zero attached hydrogens (tertiary/aromatic N) is 2. The van der Waals surface area contributed by atoms with E-state index >= 15 is 0 Å². The van der Waals surface area contributed by atoms with Crippen molar-refractivity contribution in [3.8, 4) is 0 Å². The summed E-state index contributed by atoms with van der Waals surface area (Å²) in [5, 5.41) is 12.6. The molecular weight excluding hydrogens is 262 g/mol. The number of hydrogen-bond donors (Lipinski definition) is 2. The Morgan fingerprint density at radius 3 is 2.48 bits per heavy atom. The van der Waals surface area contributed by atoms with E-state index in [0.29, 0.717) is 6.04 Å². The summed E-state index contributed by atoms with van der Waals surface area (Å²) in [4.78, 5) is 6.75. The molecule has 0 amide bonds. The van der Waals surface area contributed by atoms with E-state index in [2.05, 4.69) is 21.3 Å².